The number of fused-ring (bicyclic) bond motifs is 1. The number of anilines is 1. The van der Waals surface area contributed by atoms with Crippen molar-refractivity contribution in [1.82, 2.24) is 15.1 Å². The zero-order valence-electron chi connectivity index (χ0n) is 15.5. The third-order valence-corrected chi connectivity index (χ3v) is 5.96. The van der Waals surface area contributed by atoms with Crippen molar-refractivity contribution >= 4 is 39.1 Å². The number of amides is 2. The van der Waals surface area contributed by atoms with Crippen molar-refractivity contribution in [2.75, 3.05) is 11.9 Å². The normalized spacial score (nSPS) is 14.7. The minimum absolute atomic E-state index is 0.169. The summed E-state index contributed by atoms with van der Waals surface area (Å²) in [7, 11) is -3.33. The van der Waals surface area contributed by atoms with Gasteiger partial charge in [0.15, 0.2) is 9.84 Å². The first-order valence-electron chi connectivity index (χ1n) is 8.82. The van der Waals surface area contributed by atoms with Gasteiger partial charge < -0.3 is 10.6 Å². The predicted molar refractivity (Wildman–Crippen MR) is 106 cm³/mol. The molecule has 0 atom stereocenters. The van der Waals surface area contributed by atoms with Crippen LogP contribution in [0, 0.1) is 5.92 Å². The van der Waals surface area contributed by atoms with Crippen LogP contribution < -0.4 is 10.6 Å². The quantitative estimate of drug-likeness (QED) is 0.714. The maximum Gasteiger partial charge on any atom is 0.314 e. The van der Waals surface area contributed by atoms with Crippen LogP contribution in [0.15, 0.2) is 24.3 Å². The first-order chi connectivity index (χ1) is 13.2. The van der Waals surface area contributed by atoms with Crippen LogP contribution in [-0.2, 0) is 30.9 Å². The highest BCUT2D eigenvalue weighted by atomic mass is 35.5. The Morgan fingerprint density at radius 2 is 2.00 bits per heavy atom. The lowest BCUT2D eigenvalue weighted by molar-refractivity contribution is -0.136. The summed E-state index contributed by atoms with van der Waals surface area (Å²) in [6, 6.07) is 6.76. The number of aromatic nitrogens is 2. The minimum Gasteiger partial charge on any atom is -0.348 e. The van der Waals surface area contributed by atoms with E-state index in [4.69, 9.17) is 11.6 Å². The summed E-state index contributed by atoms with van der Waals surface area (Å²) < 4.78 is 25.3. The fourth-order valence-electron chi connectivity index (χ4n) is 2.88. The van der Waals surface area contributed by atoms with Gasteiger partial charge >= 0.3 is 11.8 Å². The molecular weight excluding hydrogens is 404 g/mol. The molecule has 2 amide bonds. The van der Waals surface area contributed by atoms with Crippen molar-refractivity contribution in [2.45, 2.75) is 31.8 Å². The Hall–Kier alpha value is -2.39. The van der Waals surface area contributed by atoms with Crippen LogP contribution in [0.3, 0.4) is 0 Å². The van der Waals surface area contributed by atoms with Crippen LogP contribution in [0.2, 0.25) is 5.02 Å². The molecule has 0 bridgehead atoms. The third kappa shape index (κ3) is 4.53. The van der Waals surface area contributed by atoms with Crippen LogP contribution in [0.5, 0.6) is 0 Å². The van der Waals surface area contributed by atoms with E-state index < -0.39 is 21.7 Å². The smallest absolute Gasteiger partial charge is 0.314 e. The third-order valence-electron chi connectivity index (χ3n) is 4.29. The molecule has 0 radical (unpaired) electrons. The van der Waals surface area contributed by atoms with Crippen LogP contribution >= 0.6 is 11.6 Å². The molecule has 0 spiro atoms. The van der Waals surface area contributed by atoms with Gasteiger partial charge in [-0.15, -0.1) is 0 Å². The van der Waals surface area contributed by atoms with Gasteiger partial charge in [-0.1, -0.05) is 31.5 Å². The van der Waals surface area contributed by atoms with Gasteiger partial charge in [0.2, 0.25) is 0 Å². The van der Waals surface area contributed by atoms with E-state index in [9.17, 15) is 18.0 Å². The Balaban J connectivity index is 1.89. The molecule has 3 rings (SSSR count). The van der Waals surface area contributed by atoms with E-state index >= 15 is 0 Å². The lowest BCUT2D eigenvalue weighted by atomic mass is 10.1. The monoisotopic (exact) mass is 424 g/mol. The number of sulfone groups is 1. The summed E-state index contributed by atoms with van der Waals surface area (Å²) >= 11 is 6.04. The summed E-state index contributed by atoms with van der Waals surface area (Å²) in [6.07, 6.45) is 0.743. The number of benzene rings is 1. The Morgan fingerprint density at radius 3 is 2.68 bits per heavy atom. The SMILES string of the molecule is CC(C)CCNC(=O)C(=O)Nc1c2c(nn1-c1cccc(Cl)c1)CS(=O)(=O)C2. The highest BCUT2D eigenvalue weighted by Gasteiger charge is 2.33. The van der Waals surface area contributed by atoms with E-state index in [1.165, 1.54) is 4.68 Å². The number of hydrogen-bond acceptors (Lipinski definition) is 5. The molecule has 2 aromatic rings. The molecule has 0 aliphatic carbocycles. The second kappa shape index (κ2) is 7.92. The number of halogens is 1. The summed E-state index contributed by atoms with van der Waals surface area (Å²) in [5.41, 5.74) is 1.30. The van der Waals surface area contributed by atoms with E-state index in [-0.39, 0.29) is 17.3 Å². The van der Waals surface area contributed by atoms with Gasteiger partial charge in [-0.2, -0.15) is 5.10 Å². The Morgan fingerprint density at radius 1 is 1.25 bits per heavy atom. The molecule has 1 aromatic carbocycles. The lowest BCUT2D eigenvalue weighted by Crippen LogP contribution is -2.36. The molecule has 10 heteroatoms. The molecule has 1 aliphatic heterocycles. The minimum atomic E-state index is -3.33. The summed E-state index contributed by atoms with van der Waals surface area (Å²) in [5, 5.41) is 9.88. The first-order valence-corrected chi connectivity index (χ1v) is 11.0. The standard InChI is InChI=1S/C18H21ClN4O4S/c1-11(2)6-7-20-17(24)18(25)21-16-14-9-28(26,27)10-15(14)22-23(16)13-5-3-4-12(19)8-13/h3-5,8,11H,6-7,9-10H2,1-2H3,(H,20,24)(H,21,25). The van der Waals surface area contributed by atoms with Gasteiger partial charge in [0.1, 0.15) is 5.82 Å². The number of nitrogens with one attached hydrogen (secondary N) is 2. The van der Waals surface area contributed by atoms with Gasteiger partial charge in [-0.25, -0.2) is 13.1 Å². The number of carbonyl (C=O) groups excluding carboxylic acids is 2. The Bertz CT molecular complexity index is 1030. The molecule has 0 unspecified atom stereocenters. The molecule has 0 saturated carbocycles. The fourth-order valence-corrected chi connectivity index (χ4v) is 4.56. The van der Waals surface area contributed by atoms with Crippen molar-refractivity contribution in [1.29, 1.82) is 0 Å². The fraction of sp³-hybridized carbons (Fsp3) is 0.389. The van der Waals surface area contributed by atoms with E-state index in [0.29, 0.717) is 34.4 Å². The van der Waals surface area contributed by atoms with Crippen LogP contribution in [0.4, 0.5) is 5.82 Å². The van der Waals surface area contributed by atoms with Gasteiger partial charge in [0.25, 0.3) is 0 Å². The first kappa shape index (κ1) is 20.3. The maximum absolute atomic E-state index is 12.4. The molecule has 0 fully saturated rings. The maximum atomic E-state index is 12.4. The zero-order valence-corrected chi connectivity index (χ0v) is 17.1. The molecule has 28 heavy (non-hydrogen) atoms. The van der Waals surface area contributed by atoms with Gasteiger partial charge in [-0.05, 0) is 30.5 Å². The Kier molecular flexibility index (Phi) is 5.76. The summed E-state index contributed by atoms with van der Waals surface area (Å²) in [4.78, 5) is 24.4. The topological polar surface area (TPSA) is 110 Å². The molecule has 2 heterocycles. The largest absolute Gasteiger partial charge is 0.348 e. The van der Waals surface area contributed by atoms with Crippen LogP contribution in [-0.4, -0.2) is 36.6 Å². The highest BCUT2D eigenvalue weighted by Crippen LogP contribution is 2.33. The van der Waals surface area contributed by atoms with Crippen LogP contribution in [0.25, 0.3) is 5.69 Å². The average molecular weight is 425 g/mol. The van der Waals surface area contributed by atoms with Crippen molar-refractivity contribution in [2.24, 2.45) is 5.92 Å². The number of nitrogens with zero attached hydrogens (tertiary/aromatic N) is 2. The van der Waals surface area contributed by atoms with E-state index in [0.717, 1.165) is 6.42 Å². The van der Waals surface area contributed by atoms with Gasteiger partial charge in [0.05, 0.1) is 22.9 Å². The zero-order chi connectivity index (χ0) is 20.5. The number of carbonyl (C=O) groups is 2. The average Bonchev–Trinajstić information content (AvgIpc) is 3.07. The Labute approximate surface area is 168 Å². The highest BCUT2D eigenvalue weighted by molar-refractivity contribution is 7.90. The van der Waals surface area contributed by atoms with Crippen molar-refractivity contribution in [3.05, 3.63) is 40.5 Å². The summed E-state index contributed by atoms with van der Waals surface area (Å²) in [5.74, 6) is -1.55. The van der Waals surface area contributed by atoms with Crippen molar-refractivity contribution < 1.29 is 18.0 Å². The lowest BCUT2D eigenvalue weighted by Gasteiger charge is -2.12. The second-order valence-electron chi connectivity index (χ2n) is 7.09. The van der Waals surface area contributed by atoms with Gasteiger partial charge in [0, 0.05) is 17.1 Å². The molecule has 0 saturated heterocycles. The predicted octanol–water partition coefficient (Wildman–Crippen LogP) is 2.05. The molecule has 8 nitrogen and oxygen atoms in total. The number of rotatable bonds is 5. The van der Waals surface area contributed by atoms with Crippen LogP contribution in [0.1, 0.15) is 31.5 Å². The second-order valence-corrected chi connectivity index (χ2v) is 9.59. The van der Waals surface area contributed by atoms with E-state index in [1.54, 1.807) is 24.3 Å². The molecule has 150 valence electrons. The molecule has 1 aliphatic rings. The van der Waals surface area contributed by atoms with E-state index in [2.05, 4.69) is 15.7 Å². The number of hydrogen-bond donors (Lipinski definition) is 2. The molecule has 2 N–H and O–H groups in total. The van der Waals surface area contributed by atoms with Crippen molar-refractivity contribution in [3.63, 3.8) is 0 Å². The van der Waals surface area contributed by atoms with Crippen molar-refractivity contribution in [3.8, 4) is 5.69 Å². The van der Waals surface area contributed by atoms with Gasteiger partial charge in [-0.3, -0.25) is 9.59 Å². The van der Waals surface area contributed by atoms with E-state index in [1.807, 2.05) is 13.8 Å². The molecular formula is C18H21ClN4O4S. The molecule has 1 aromatic heterocycles. The summed E-state index contributed by atoms with van der Waals surface area (Å²) in [6.45, 7) is 4.41.